The van der Waals surface area contributed by atoms with E-state index in [1.165, 1.54) is 32.4 Å². The Hall–Kier alpha value is -0.350. The van der Waals surface area contributed by atoms with Gasteiger partial charge in [0.05, 0.1) is 0 Å². The van der Waals surface area contributed by atoms with Gasteiger partial charge in [-0.05, 0) is 51.0 Å². The molecule has 2 rings (SSSR count). The number of thiocarbonyl (C=S) groups is 1. The molecule has 3 nitrogen and oxygen atoms in total. The Morgan fingerprint density at radius 1 is 1.31 bits per heavy atom. The summed E-state index contributed by atoms with van der Waals surface area (Å²) < 4.78 is 0. The lowest BCUT2D eigenvalue weighted by molar-refractivity contribution is 0.249. The minimum atomic E-state index is 0.754. The smallest absolute Gasteiger partial charge is 0.168 e. The molecule has 0 amide bonds. The zero-order chi connectivity index (χ0) is 11.4. The standard InChI is InChI=1S/C12H23N3S/c1-2-6-13-12(16)15-9-5-11(10-15)14-7-3-4-8-14/h11H,2-10H2,1H3,(H,13,16). The van der Waals surface area contributed by atoms with E-state index in [4.69, 9.17) is 12.2 Å². The predicted molar refractivity (Wildman–Crippen MR) is 71.7 cm³/mol. The van der Waals surface area contributed by atoms with Crippen molar-refractivity contribution in [3.05, 3.63) is 0 Å². The van der Waals surface area contributed by atoms with Crippen LogP contribution in [0.4, 0.5) is 0 Å². The molecule has 2 fully saturated rings. The van der Waals surface area contributed by atoms with E-state index in [0.717, 1.165) is 37.2 Å². The van der Waals surface area contributed by atoms with Gasteiger partial charge in [-0.25, -0.2) is 0 Å². The van der Waals surface area contributed by atoms with Crippen molar-refractivity contribution in [2.45, 2.75) is 38.6 Å². The summed E-state index contributed by atoms with van der Waals surface area (Å²) in [4.78, 5) is 4.98. The number of nitrogens with one attached hydrogen (secondary N) is 1. The van der Waals surface area contributed by atoms with E-state index in [9.17, 15) is 0 Å². The Bertz CT molecular complexity index is 238. The zero-order valence-corrected chi connectivity index (χ0v) is 11.1. The summed E-state index contributed by atoms with van der Waals surface area (Å²) in [6.07, 6.45) is 5.20. The summed E-state index contributed by atoms with van der Waals surface area (Å²) in [7, 11) is 0. The highest BCUT2D eigenvalue weighted by Crippen LogP contribution is 2.20. The average Bonchev–Trinajstić information content (AvgIpc) is 2.94. The van der Waals surface area contributed by atoms with Gasteiger partial charge in [-0.1, -0.05) is 6.92 Å². The lowest BCUT2D eigenvalue weighted by Crippen LogP contribution is -2.41. The number of hydrogen-bond donors (Lipinski definition) is 1. The summed E-state index contributed by atoms with van der Waals surface area (Å²) >= 11 is 5.40. The minimum Gasteiger partial charge on any atom is -0.363 e. The second-order valence-corrected chi connectivity index (χ2v) is 5.25. The van der Waals surface area contributed by atoms with Gasteiger partial charge in [-0.2, -0.15) is 0 Å². The molecule has 0 bridgehead atoms. The number of hydrogen-bond acceptors (Lipinski definition) is 2. The van der Waals surface area contributed by atoms with Crippen LogP contribution in [-0.2, 0) is 0 Å². The molecular weight excluding hydrogens is 218 g/mol. The third kappa shape index (κ3) is 2.86. The zero-order valence-electron chi connectivity index (χ0n) is 10.2. The van der Waals surface area contributed by atoms with Crippen LogP contribution in [0.1, 0.15) is 32.6 Å². The second kappa shape index (κ2) is 5.82. The molecular formula is C12H23N3S. The van der Waals surface area contributed by atoms with Gasteiger partial charge in [-0.3, -0.25) is 4.90 Å². The van der Waals surface area contributed by atoms with Gasteiger partial charge < -0.3 is 10.2 Å². The molecule has 2 aliphatic rings. The van der Waals surface area contributed by atoms with Gasteiger partial charge in [0, 0.05) is 25.7 Å². The lowest BCUT2D eigenvalue weighted by Gasteiger charge is -2.24. The highest BCUT2D eigenvalue weighted by molar-refractivity contribution is 7.80. The molecule has 0 saturated carbocycles. The maximum absolute atomic E-state index is 5.40. The maximum atomic E-state index is 5.40. The molecule has 0 spiro atoms. The Labute approximate surface area is 104 Å². The quantitative estimate of drug-likeness (QED) is 0.753. The molecule has 0 aromatic heterocycles. The van der Waals surface area contributed by atoms with Crippen molar-refractivity contribution in [2.75, 3.05) is 32.7 Å². The topological polar surface area (TPSA) is 18.5 Å². The first-order valence-electron chi connectivity index (χ1n) is 6.58. The highest BCUT2D eigenvalue weighted by atomic mass is 32.1. The van der Waals surface area contributed by atoms with Crippen LogP contribution in [0.3, 0.4) is 0 Å². The molecule has 0 aromatic rings. The van der Waals surface area contributed by atoms with Crippen molar-refractivity contribution >= 4 is 17.3 Å². The number of likely N-dealkylation sites (tertiary alicyclic amines) is 2. The summed E-state index contributed by atoms with van der Waals surface area (Å²) in [5.41, 5.74) is 0. The van der Waals surface area contributed by atoms with E-state index < -0.39 is 0 Å². The first kappa shape index (κ1) is 12.1. The molecule has 4 heteroatoms. The predicted octanol–water partition coefficient (Wildman–Crippen LogP) is 1.44. The Morgan fingerprint density at radius 2 is 2.06 bits per heavy atom. The van der Waals surface area contributed by atoms with Gasteiger partial charge in [0.15, 0.2) is 5.11 Å². The summed E-state index contributed by atoms with van der Waals surface area (Å²) in [5.74, 6) is 0. The van der Waals surface area contributed by atoms with Crippen LogP contribution >= 0.6 is 12.2 Å². The Morgan fingerprint density at radius 3 is 2.75 bits per heavy atom. The van der Waals surface area contributed by atoms with Crippen molar-refractivity contribution in [1.29, 1.82) is 0 Å². The molecule has 92 valence electrons. The minimum absolute atomic E-state index is 0.754. The van der Waals surface area contributed by atoms with Crippen LogP contribution < -0.4 is 5.32 Å². The van der Waals surface area contributed by atoms with Gasteiger partial charge in [0.1, 0.15) is 0 Å². The molecule has 1 atom stereocenters. The fourth-order valence-electron chi connectivity index (χ4n) is 2.67. The summed E-state index contributed by atoms with van der Waals surface area (Å²) in [6, 6.07) is 0.754. The second-order valence-electron chi connectivity index (χ2n) is 4.86. The SMILES string of the molecule is CCCNC(=S)N1CCC(N2CCCC2)C1. The van der Waals surface area contributed by atoms with Crippen LogP contribution in [0, 0.1) is 0 Å². The first-order chi connectivity index (χ1) is 7.81. The van der Waals surface area contributed by atoms with Crippen molar-refractivity contribution in [2.24, 2.45) is 0 Å². The molecule has 2 aliphatic heterocycles. The van der Waals surface area contributed by atoms with E-state index in [1.54, 1.807) is 0 Å². The normalized spacial score (nSPS) is 26.3. The number of nitrogens with zero attached hydrogens (tertiary/aromatic N) is 2. The fourth-order valence-corrected chi connectivity index (χ4v) is 2.94. The highest BCUT2D eigenvalue weighted by Gasteiger charge is 2.29. The molecule has 1 N–H and O–H groups in total. The number of rotatable bonds is 3. The molecule has 2 saturated heterocycles. The van der Waals surface area contributed by atoms with Crippen molar-refractivity contribution in [1.82, 2.24) is 15.1 Å². The van der Waals surface area contributed by atoms with E-state index in [1.807, 2.05) is 0 Å². The molecule has 0 aliphatic carbocycles. The molecule has 1 unspecified atom stereocenters. The molecule has 2 heterocycles. The molecule has 16 heavy (non-hydrogen) atoms. The van der Waals surface area contributed by atoms with E-state index >= 15 is 0 Å². The molecule has 0 radical (unpaired) electrons. The van der Waals surface area contributed by atoms with Crippen molar-refractivity contribution in [3.63, 3.8) is 0 Å². The average molecular weight is 241 g/mol. The van der Waals surface area contributed by atoms with Crippen LogP contribution in [0.15, 0.2) is 0 Å². The van der Waals surface area contributed by atoms with E-state index in [2.05, 4.69) is 22.0 Å². The van der Waals surface area contributed by atoms with Crippen LogP contribution in [0.25, 0.3) is 0 Å². The first-order valence-corrected chi connectivity index (χ1v) is 6.99. The summed E-state index contributed by atoms with van der Waals surface area (Å²) in [6.45, 7) is 8.05. The summed E-state index contributed by atoms with van der Waals surface area (Å²) in [5, 5.41) is 4.29. The molecule has 0 aromatic carbocycles. The van der Waals surface area contributed by atoms with E-state index in [0.29, 0.717) is 0 Å². The third-order valence-electron chi connectivity index (χ3n) is 3.63. The monoisotopic (exact) mass is 241 g/mol. The lowest BCUT2D eigenvalue weighted by atomic mass is 10.2. The fraction of sp³-hybridized carbons (Fsp3) is 0.917. The van der Waals surface area contributed by atoms with Crippen LogP contribution in [0.2, 0.25) is 0 Å². The Balaban J connectivity index is 1.76. The van der Waals surface area contributed by atoms with E-state index in [-0.39, 0.29) is 0 Å². The van der Waals surface area contributed by atoms with Gasteiger partial charge in [0.2, 0.25) is 0 Å². The van der Waals surface area contributed by atoms with Crippen molar-refractivity contribution < 1.29 is 0 Å². The van der Waals surface area contributed by atoms with Crippen molar-refractivity contribution in [3.8, 4) is 0 Å². The Kier molecular flexibility index (Phi) is 4.41. The van der Waals surface area contributed by atoms with Crippen LogP contribution in [-0.4, -0.2) is 53.7 Å². The third-order valence-corrected chi connectivity index (χ3v) is 4.04. The van der Waals surface area contributed by atoms with Gasteiger partial charge in [0.25, 0.3) is 0 Å². The van der Waals surface area contributed by atoms with Gasteiger partial charge >= 0.3 is 0 Å². The largest absolute Gasteiger partial charge is 0.363 e. The van der Waals surface area contributed by atoms with Gasteiger partial charge in [-0.15, -0.1) is 0 Å². The van der Waals surface area contributed by atoms with Crippen LogP contribution in [0.5, 0.6) is 0 Å². The maximum Gasteiger partial charge on any atom is 0.168 e.